The average molecular weight is 465 g/mol. The van der Waals surface area contributed by atoms with E-state index < -0.39 is 27.8 Å². The lowest BCUT2D eigenvalue weighted by Gasteiger charge is -2.31. The van der Waals surface area contributed by atoms with Crippen LogP contribution < -0.4 is 14.4 Å². The third kappa shape index (κ3) is 5.59. The van der Waals surface area contributed by atoms with E-state index in [9.17, 15) is 17.6 Å². The molecule has 1 amide bonds. The number of aryl methyl sites for hydroxylation is 1. The lowest BCUT2D eigenvalue weighted by molar-refractivity contribution is -0.122. The fourth-order valence-electron chi connectivity index (χ4n) is 3.86. The van der Waals surface area contributed by atoms with Crippen molar-refractivity contribution in [2.75, 3.05) is 17.7 Å². The van der Waals surface area contributed by atoms with Crippen molar-refractivity contribution >= 4 is 21.6 Å². The molecule has 8 heteroatoms. The number of benzene rings is 2. The molecule has 6 nitrogen and oxygen atoms in total. The first-order valence-electron chi connectivity index (χ1n) is 10.6. The summed E-state index contributed by atoms with van der Waals surface area (Å²) in [6.07, 6.45) is 1.15. The number of hydrogen-bond acceptors (Lipinski definition) is 4. The number of anilines is 1. The lowest BCUT2D eigenvalue weighted by atomic mass is 9.93. The molecule has 0 aromatic heterocycles. The third-order valence-electron chi connectivity index (χ3n) is 5.49. The minimum absolute atomic E-state index is 0.146. The van der Waals surface area contributed by atoms with Crippen LogP contribution in [0.3, 0.4) is 0 Å². The number of amides is 1. The number of hydrogen-bond donors (Lipinski definition) is 1. The number of nitrogens with zero attached hydrogens (tertiary/aromatic N) is 1. The van der Waals surface area contributed by atoms with Gasteiger partial charge in [-0.25, -0.2) is 12.8 Å². The first kappa shape index (κ1) is 25.6. The molecule has 32 heavy (non-hydrogen) atoms. The molecule has 0 saturated carbocycles. The maximum absolute atomic E-state index is 14.5. The van der Waals surface area contributed by atoms with Gasteiger partial charge in [-0.1, -0.05) is 32.9 Å². The number of methoxy groups -OCH3 is 1. The fourth-order valence-corrected chi connectivity index (χ4v) is 5.08. The highest BCUT2D eigenvalue weighted by Crippen LogP contribution is 2.32. The van der Waals surface area contributed by atoms with Crippen molar-refractivity contribution in [2.24, 2.45) is 0 Å². The van der Waals surface area contributed by atoms with Crippen LogP contribution in [0, 0.1) is 12.7 Å². The highest BCUT2D eigenvalue weighted by Gasteiger charge is 2.33. The van der Waals surface area contributed by atoms with E-state index in [2.05, 4.69) is 19.2 Å². The summed E-state index contributed by atoms with van der Waals surface area (Å²) in [5, 5.41) is 2.93. The van der Waals surface area contributed by atoms with E-state index in [0.717, 1.165) is 33.0 Å². The van der Waals surface area contributed by atoms with Gasteiger partial charge in [0.25, 0.3) is 0 Å². The molecule has 2 rings (SSSR count). The van der Waals surface area contributed by atoms with Crippen LogP contribution in [0.1, 0.15) is 62.8 Å². The van der Waals surface area contributed by atoms with Gasteiger partial charge >= 0.3 is 0 Å². The molecule has 0 aliphatic rings. The van der Waals surface area contributed by atoms with Gasteiger partial charge in [-0.3, -0.25) is 9.10 Å². The van der Waals surface area contributed by atoms with Gasteiger partial charge in [0.05, 0.1) is 25.1 Å². The number of rotatable bonds is 9. The maximum Gasteiger partial charge on any atom is 0.244 e. The van der Waals surface area contributed by atoms with Crippen LogP contribution >= 0.6 is 0 Å². The molecule has 2 aromatic rings. The van der Waals surface area contributed by atoms with Gasteiger partial charge < -0.3 is 10.1 Å². The Kier molecular flexibility index (Phi) is 8.29. The number of carbonyl (C=O) groups excluding carboxylic acids is 1. The monoisotopic (exact) mass is 464 g/mol. The summed E-state index contributed by atoms with van der Waals surface area (Å²) in [7, 11) is -2.29. The van der Waals surface area contributed by atoms with E-state index in [1.807, 2.05) is 26.0 Å². The van der Waals surface area contributed by atoms with E-state index in [4.69, 9.17) is 4.74 Å². The number of sulfonamides is 1. The SMILES string of the molecule is CC[C@H](C(=O)N[C@@H](C)c1cc(C(C)C)c(OC)cc1C)N(c1ccccc1F)S(C)(=O)=O. The molecule has 0 unspecified atom stereocenters. The van der Waals surface area contributed by atoms with Crippen LogP contribution in [-0.4, -0.2) is 33.7 Å². The summed E-state index contributed by atoms with van der Waals surface area (Å²) in [6, 6.07) is 8.02. The van der Waals surface area contributed by atoms with Gasteiger partial charge in [0, 0.05) is 0 Å². The van der Waals surface area contributed by atoms with E-state index in [1.165, 1.54) is 24.3 Å². The second kappa shape index (κ2) is 10.3. The summed E-state index contributed by atoms with van der Waals surface area (Å²) in [4.78, 5) is 13.2. The van der Waals surface area contributed by atoms with Gasteiger partial charge in [-0.2, -0.15) is 0 Å². The molecule has 176 valence electrons. The van der Waals surface area contributed by atoms with Crippen LogP contribution in [0.4, 0.5) is 10.1 Å². The summed E-state index contributed by atoms with van der Waals surface area (Å²) >= 11 is 0. The van der Waals surface area contributed by atoms with Crippen molar-refractivity contribution in [2.45, 2.75) is 59.0 Å². The Balaban J connectivity index is 2.41. The molecule has 0 spiro atoms. The largest absolute Gasteiger partial charge is 0.496 e. The van der Waals surface area contributed by atoms with Crippen molar-refractivity contribution in [1.29, 1.82) is 0 Å². The minimum atomic E-state index is -3.92. The summed E-state index contributed by atoms with van der Waals surface area (Å²) in [5.41, 5.74) is 2.73. The van der Waals surface area contributed by atoms with Gasteiger partial charge in [-0.05, 0) is 67.1 Å². The van der Waals surface area contributed by atoms with E-state index in [0.29, 0.717) is 0 Å². The Hall–Kier alpha value is -2.61. The molecule has 0 radical (unpaired) electrons. The summed E-state index contributed by atoms with van der Waals surface area (Å²) < 4.78 is 45.9. The van der Waals surface area contributed by atoms with Crippen LogP contribution in [0.2, 0.25) is 0 Å². The van der Waals surface area contributed by atoms with Crippen molar-refractivity contribution in [3.05, 3.63) is 58.9 Å². The minimum Gasteiger partial charge on any atom is -0.496 e. The van der Waals surface area contributed by atoms with Gasteiger partial charge in [0.1, 0.15) is 17.6 Å². The molecule has 0 heterocycles. The number of nitrogens with one attached hydrogen (secondary N) is 1. The van der Waals surface area contributed by atoms with Crippen LogP contribution in [0.25, 0.3) is 0 Å². The summed E-state index contributed by atoms with van der Waals surface area (Å²) in [5.74, 6) is -0.189. The normalized spacial score (nSPS) is 13.5. The highest BCUT2D eigenvalue weighted by atomic mass is 32.2. The average Bonchev–Trinajstić information content (AvgIpc) is 2.71. The van der Waals surface area contributed by atoms with Gasteiger partial charge in [0.15, 0.2) is 0 Å². The first-order valence-corrected chi connectivity index (χ1v) is 12.5. The molecule has 0 saturated heterocycles. The first-order chi connectivity index (χ1) is 14.9. The van der Waals surface area contributed by atoms with E-state index >= 15 is 0 Å². The van der Waals surface area contributed by atoms with Crippen LogP contribution in [0.5, 0.6) is 5.75 Å². The molecule has 2 aromatic carbocycles. The second-order valence-electron chi connectivity index (χ2n) is 8.27. The number of carbonyl (C=O) groups is 1. The zero-order valence-corrected chi connectivity index (χ0v) is 20.6. The number of ether oxygens (including phenoxy) is 1. The van der Waals surface area contributed by atoms with Gasteiger partial charge in [-0.15, -0.1) is 0 Å². The predicted octanol–water partition coefficient (Wildman–Crippen LogP) is 4.69. The predicted molar refractivity (Wildman–Crippen MR) is 126 cm³/mol. The quantitative estimate of drug-likeness (QED) is 0.584. The number of para-hydroxylation sites is 1. The smallest absolute Gasteiger partial charge is 0.244 e. The molecular formula is C24H33FN2O4S. The molecule has 0 aliphatic carbocycles. The Morgan fingerprint density at radius 3 is 2.28 bits per heavy atom. The topological polar surface area (TPSA) is 75.7 Å². The molecule has 2 atom stereocenters. The second-order valence-corrected chi connectivity index (χ2v) is 10.1. The Bertz CT molecular complexity index is 1070. The van der Waals surface area contributed by atoms with Gasteiger partial charge in [0.2, 0.25) is 15.9 Å². The van der Waals surface area contributed by atoms with Crippen molar-refractivity contribution in [1.82, 2.24) is 5.32 Å². The van der Waals surface area contributed by atoms with Crippen molar-refractivity contribution < 1.29 is 22.3 Å². The molecule has 0 aliphatic heterocycles. The Labute approximate surface area is 190 Å². The zero-order chi connectivity index (χ0) is 24.2. The molecule has 0 bridgehead atoms. The molecular weight excluding hydrogens is 431 g/mol. The fraction of sp³-hybridized carbons (Fsp3) is 0.458. The Morgan fingerprint density at radius 2 is 1.78 bits per heavy atom. The van der Waals surface area contributed by atoms with E-state index in [1.54, 1.807) is 14.0 Å². The summed E-state index contributed by atoms with van der Waals surface area (Å²) in [6.45, 7) is 9.60. The molecule has 0 fully saturated rings. The standard InChI is InChI=1S/C24H33FN2O4S/c1-8-21(27(32(7,29)30)22-12-10-9-11-20(22)25)24(28)26-17(5)19-14-18(15(2)3)23(31-6)13-16(19)4/h9-15,17,21H,8H2,1-7H3,(H,26,28)/t17-,21+/m0/s1. The lowest BCUT2D eigenvalue weighted by Crippen LogP contribution is -2.50. The highest BCUT2D eigenvalue weighted by molar-refractivity contribution is 7.92. The molecule has 1 N–H and O–H groups in total. The van der Waals surface area contributed by atoms with Crippen molar-refractivity contribution in [3.63, 3.8) is 0 Å². The van der Waals surface area contributed by atoms with E-state index in [-0.39, 0.29) is 24.1 Å². The van der Waals surface area contributed by atoms with Crippen LogP contribution in [0.15, 0.2) is 36.4 Å². The third-order valence-corrected chi connectivity index (χ3v) is 6.65. The van der Waals surface area contributed by atoms with Crippen LogP contribution in [-0.2, 0) is 14.8 Å². The van der Waals surface area contributed by atoms with Crippen molar-refractivity contribution in [3.8, 4) is 5.75 Å². The number of halogens is 1. The zero-order valence-electron chi connectivity index (χ0n) is 19.8. The maximum atomic E-state index is 14.5. The Morgan fingerprint density at radius 1 is 1.16 bits per heavy atom.